The molecular formula is C14H14N4O4S. The number of fused-ring (bicyclic) bond motifs is 1. The van der Waals surface area contributed by atoms with Crippen LogP contribution in [-0.4, -0.2) is 27.1 Å². The molecule has 0 atom stereocenters. The normalized spacial score (nSPS) is 12.0. The van der Waals surface area contributed by atoms with Crippen LogP contribution in [-0.2, 0) is 31.0 Å². The van der Waals surface area contributed by atoms with Crippen LogP contribution < -0.4 is 11.2 Å². The molecule has 0 radical (unpaired) electrons. The van der Waals surface area contributed by atoms with E-state index in [4.69, 9.17) is 0 Å². The number of hydrogen-bond acceptors (Lipinski definition) is 5. The summed E-state index contributed by atoms with van der Waals surface area (Å²) < 4.78 is 28.8. The van der Waals surface area contributed by atoms with Gasteiger partial charge in [-0.1, -0.05) is 18.2 Å². The summed E-state index contributed by atoms with van der Waals surface area (Å²) in [4.78, 5) is 28.3. The molecular weight excluding hydrogens is 320 g/mol. The van der Waals surface area contributed by atoms with E-state index in [-0.39, 0.29) is 21.2 Å². The number of aromatic nitrogens is 4. The zero-order valence-electron chi connectivity index (χ0n) is 12.7. The molecule has 2 heterocycles. The zero-order chi connectivity index (χ0) is 16.9. The van der Waals surface area contributed by atoms with E-state index in [0.29, 0.717) is 0 Å². The molecule has 3 rings (SSSR count). The second-order valence-corrected chi connectivity index (χ2v) is 6.99. The Bertz CT molecular complexity index is 1140. The van der Waals surface area contributed by atoms with Gasteiger partial charge in [-0.15, -0.1) is 0 Å². The van der Waals surface area contributed by atoms with E-state index in [0.717, 1.165) is 4.57 Å². The topological polar surface area (TPSA) is 96.0 Å². The Hall–Kier alpha value is -2.68. The van der Waals surface area contributed by atoms with Gasteiger partial charge in [0.2, 0.25) is 15.0 Å². The Balaban J connectivity index is 2.45. The molecule has 0 aliphatic carbocycles. The van der Waals surface area contributed by atoms with Crippen molar-refractivity contribution in [2.45, 2.75) is 10.1 Å². The summed E-state index contributed by atoms with van der Waals surface area (Å²) in [7, 11) is 0.347. The lowest BCUT2D eigenvalue weighted by Gasteiger charge is -2.06. The molecule has 3 aromatic rings. The van der Waals surface area contributed by atoms with Gasteiger partial charge in [0.15, 0.2) is 11.2 Å². The number of aryl methyl sites for hydroxylation is 2. The number of hydrogen-bond donors (Lipinski definition) is 0. The van der Waals surface area contributed by atoms with E-state index < -0.39 is 21.1 Å². The van der Waals surface area contributed by atoms with Gasteiger partial charge in [-0.25, -0.2) is 18.2 Å². The van der Waals surface area contributed by atoms with E-state index in [1.165, 1.54) is 42.4 Å². The fraction of sp³-hybridized carbons (Fsp3) is 0.214. The summed E-state index contributed by atoms with van der Waals surface area (Å²) in [6.45, 7) is 0. The van der Waals surface area contributed by atoms with E-state index in [9.17, 15) is 18.0 Å². The molecule has 0 spiro atoms. The minimum atomic E-state index is -3.90. The molecule has 0 unspecified atom stereocenters. The molecule has 0 saturated carbocycles. The van der Waals surface area contributed by atoms with Crippen LogP contribution in [0.2, 0.25) is 0 Å². The quantitative estimate of drug-likeness (QED) is 0.647. The van der Waals surface area contributed by atoms with Crippen molar-refractivity contribution >= 4 is 21.0 Å². The van der Waals surface area contributed by atoms with Gasteiger partial charge in [0.25, 0.3) is 5.56 Å². The van der Waals surface area contributed by atoms with Crippen LogP contribution in [0.1, 0.15) is 0 Å². The first kappa shape index (κ1) is 15.2. The maximum absolute atomic E-state index is 12.7. The molecule has 9 heteroatoms. The van der Waals surface area contributed by atoms with Crippen molar-refractivity contribution in [1.29, 1.82) is 0 Å². The summed E-state index contributed by atoms with van der Waals surface area (Å²) in [5, 5.41) is -0.281. The number of benzene rings is 1. The molecule has 8 nitrogen and oxygen atoms in total. The summed E-state index contributed by atoms with van der Waals surface area (Å²) in [6, 6.07) is 7.81. The first-order valence-electron chi connectivity index (χ1n) is 6.69. The van der Waals surface area contributed by atoms with Crippen molar-refractivity contribution < 1.29 is 8.42 Å². The molecule has 2 aromatic heterocycles. The van der Waals surface area contributed by atoms with Crippen molar-refractivity contribution in [3.05, 3.63) is 51.2 Å². The van der Waals surface area contributed by atoms with E-state index in [2.05, 4.69) is 4.98 Å². The fourth-order valence-corrected chi connectivity index (χ4v) is 3.89. The minimum absolute atomic E-state index is 0.0633. The van der Waals surface area contributed by atoms with Crippen LogP contribution in [0, 0.1) is 0 Å². The highest BCUT2D eigenvalue weighted by atomic mass is 32.2. The monoisotopic (exact) mass is 334 g/mol. The Labute approximate surface area is 131 Å². The third kappa shape index (κ3) is 2.04. The first-order valence-corrected chi connectivity index (χ1v) is 8.17. The second-order valence-electron chi connectivity index (χ2n) is 5.15. The van der Waals surface area contributed by atoms with Gasteiger partial charge in [0.1, 0.15) is 0 Å². The SMILES string of the molecule is Cn1c(=O)c2nc(S(=O)(=O)c3ccccc3)n(C)c2n(C)c1=O. The minimum Gasteiger partial charge on any atom is -0.303 e. The lowest BCUT2D eigenvalue weighted by molar-refractivity contribution is 0.579. The van der Waals surface area contributed by atoms with Crippen molar-refractivity contribution in [1.82, 2.24) is 18.7 Å². The van der Waals surface area contributed by atoms with Crippen molar-refractivity contribution in [2.75, 3.05) is 0 Å². The van der Waals surface area contributed by atoms with Crippen LogP contribution in [0.5, 0.6) is 0 Å². The van der Waals surface area contributed by atoms with E-state index in [1.807, 2.05) is 0 Å². The molecule has 0 N–H and O–H groups in total. The number of nitrogens with zero attached hydrogens (tertiary/aromatic N) is 4. The standard InChI is InChI=1S/C14H14N4O4S/c1-16-11-10(12(19)18(3)14(20)17(11)2)15-13(16)23(21,22)9-7-5-4-6-8-9/h4-8H,1-3H3. The van der Waals surface area contributed by atoms with Gasteiger partial charge < -0.3 is 4.57 Å². The molecule has 0 aliphatic rings. The van der Waals surface area contributed by atoms with Gasteiger partial charge >= 0.3 is 5.69 Å². The van der Waals surface area contributed by atoms with Crippen molar-refractivity contribution in [3.63, 3.8) is 0 Å². The molecule has 0 amide bonds. The van der Waals surface area contributed by atoms with Gasteiger partial charge in [-0.3, -0.25) is 13.9 Å². The molecule has 23 heavy (non-hydrogen) atoms. The fourth-order valence-electron chi connectivity index (χ4n) is 2.50. The Morgan fingerprint density at radius 2 is 1.52 bits per heavy atom. The Morgan fingerprint density at radius 1 is 0.913 bits per heavy atom. The summed E-state index contributed by atoms with van der Waals surface area (Å²) in [5.74, 6) is 0. The van der Waals surface area contributed by atoms with Crippen LogP contribution in [0.3, 0.4) is 0 Å². The predicted molar refractivity (Wildman–Crippen MR) is 83.1 cm³/mol. The first-order chi connectivity index (χ1) is 10.8. The summed E-state index contributed by atoms with van der Waals surface area (Å²) in [6.07, 6.45) is 0. The van der Waals surface area contributed by atoms with Crippen LogP contribution in [0.15, 0.2) is 50.0 Å². The smallest absolute Gasteiger partial charge is 0.303 e. The predicted octanol–water partition coefficient (Wildman–Crippen LogP) is -0.197. The zero-order valence-corrected chi connectivity index (χ0v) is 13.5. The van der Waals surface area contributed by atoms with Gasteiger partial charge in [0, 0.05) is 21.1 Å². The third-order valence-corrected chi connectivity index (χ3v) is 5.46. The van der Waals surface area contributed by atoms with Crippen LogP contribution in [0.25, 0.3) is 11.2 Å². The number of sulfone groups is 1. The molecule has 0 saturated heterocycles. The summed E-state index contributed by atoms with van der Waals surface area (Å²) >= 11 is 0. The number of imidazole rings is 1. The number of rotatable bonds is 2. The lowest BCUT2D eigenvalue weighted by atomic mass is 10.4. The Morgan fingerprint density at radius 3 is 2.13 bits per heavy atom. The van der Waals surface area contributed by atoms with E-state index in [1.54, 1.807) is 18.2 Å². The molecule has 1 aromatic carbocycles. The molecule has 0 fully saturated rings. The highest BCUT2D eigenvalue weighted by Gasteiger charge is 2.27. The van der Waals surface area contributed by atoms with Crippen molar-refractivity contribution in [2.24, 2.45) is 21.1 Å². The Kier molecular flexibility index (Phi) is 3.25. The van der Waals surface area contributed by atoms with Gasteiger partial charge in [-0.05, 0) is 12.1 Å². The summed E-state index contributed by atoms with van der Waals surface area (Å²) in [5.41, 5.74) is -1.08. The van der Waals surface area contributed by atoms with E-state index >= 15 is 0 Å². The van der Waals surface area contributed by atoms with Gasteiger partial charge in [-0.2, -0.15) is 0 Å². The highest BCUT2D eigenvalue weighted by Crippen LogP contribution is 2.21. The largest absolute Gasteiger partial charge is 0.332 e. The molecule has 0 bridgehead atoms. The average Bonchev–Trinajstić information content (AvgIpc) is 2.90. The van der Waals surface area contributed by atoms with Crippen molar-refractivity contribution in [3.8, 4) is 0 Å². The molecule has 0 aliphatic heterocycles. The molecule has 120 valence electrons. The maximum atomic E-state index is 12.7. The highest BCUT2D eigenvalue weighted by molar-refractivity contribution is 7.91. The van der Waals surface area contributed by atoms with Crippen LogP contribution in [0.4, 0.5) is 0 Å². The lowest BCUT2D eigenvalue weighted by Crippen LogP contribution is -2.37. The van der Waals surface area contributed by atoms with Crippen LogP contribution >= 0.6 is 0 Å². The maximum Gasteiger partial charge on any atom is 0.332 e. The van der Waals surface area contributed by atoms with Gasteiger partial charge in [0.05, 0.1) is 4.90 Å². The third-order valence-electron chi connectivity index (χ3n) is 3.72. The average molecular weight is 334 g/mol. The second kappa shape index (κ2) is 4.92.